The number of nitrogens with zero attached hydrogens (tertiary/aromatic N) is 4. The lowest BCUT2D eigenvalue weighted by Crippen LogP contribution is -2.15. The second kappa shape index (κ2) is 8.81. The Labute approximate surface area is 142 Å². The van der Waals surface area contributed by atoms with Gasteiger partial charge in [-0.25, -0.2) is 0 Å². The summed E-state index contributed by atoms with van der Waals surface area (Å²) >= 11 is 0. The number of hydrogen-bond donors (Lipinski definition) is 2. The highest BCUT2D eigenvalue weighted by Gasteiger charge is 2.38. The van der Waals surface area contributed by atoms with E-state index in [1.165, 1.54) is 0 Å². The minimum Gasteiger partial charge on any atom is -0.385 e. The van der Waals surface area contributed by atoms with E-state index in [0.717, 1.165) is 0 Å². The second-order valence-corrected chi connectivity index (χ2v) is 5.25. The summed E-state index contributed by atoms with van der Waals surface area (Å²) in [5.74, 6) is -0.869. The first kappa shape index (κ1) is 19.2. The zero-order chi connectivity index (χ0) is 18.3. The maximum atomic E-state index is 13.1. The average molecular weight is 362 g/mol. The van der Waals surface area contributed by atoms with Crippen LogP contribution < -0.4 is 10.6 Å². The zero-order valence-electron chi connectivity index (χ0n) is 14.1. The molecule has 0 spiro atoms. The van der Waals surface area contributed by atoms with Crippen LogP contribution in [0.2, 0.25) is 0 Å². The molecule has 11 heteroatoms. The average Bonchev–Trinajstić information content (AvgIpc) is 3.00. The molecule has 0 aromatic carbocycles. The van der Waals surface area contributed by atoms with Crippen LogP contribution >= 0.6 is 0 Å². The molecule has 0 atom stereocenters. The van der Waals surface area contributed by atoms with Crippen molar-refractivity contribution in [2.45, 2.75) is 19.0 Å². The Hall–Kier alpha value is -2.14. The number of anilines is 2. The van der Waals surface area contributed by atoms with Crippen LogP contribution in [0.4, 0.5) is 24.7 Å². The Bertz CT molecular complexity index is 676. The normalized spacial score (nSPS) is 11.9. The predicted molar refractivity (Wildman–Crippen MR) is 85.7 cm³/mol. The molecule has 0 fully saturated rings. The standard InChI is InChI=1S/C14H21F3N6O2/c1-24-7-3-5-18-10-9-11(19-6-4-8-25-2)22-23-12(10)20-21-13(23)14(15,16)17/h9,18H,3-8H2,1-2H3,(H,19,22). The van der Waals surface area contributed by atoms with Crippen molar-refractivity contribution in [1.82, 2.24) is 19.8 Å². The van der Waals surface area contributed by atoms with E-state index in [-0.39, 0.29) is 5.65 Å². The van der Waals surface area contributed by atoms with Crippen LogP contribution in [0.15, 0.2) is 6.07 Å². The van der Waals surface area contributed by atoms with Gasteiger partial charge in [-0.1, -0.05) is 0 Å². The summed E-state index contributed by atoms with van der Waals surface area (Å²) in [4.78, 5) is 0. The Morgan fingerprint density at radius 1 is 1.04 bits per heavy atom. The number of halogens is 3. The lowest BCUT2D eigenvalue weighted by molar-refractivity contribution is -0.146. The molecular formula is C14H21F3N6O2. The molecule has 25 heavy (non-hydrogen) atoms. The molecule has 0 aliphatic carbocycles. The van der Waals surface area contributed by atoms with Gasteiger partial charge in [0, 0.05) is 46.6 Å². The summed E-state index contributed by atoms with van der Waals surface area (Å²) in [6, 6.07) is 1.61. The van der Waals surface area contributed by atoms with Gasteiger partial charge >= 0.3 is 6.18 Å². The molecule has 2 rings (SSSR count). The van der Waals surface area contributed by atoms with Crippen LogP contribution in [-0.2, 0) is 15.7 Å². The molecular weight excluding hydrogens is 341 g/mol. The van der Waals surface area contributed by atoms with Crippen LogP contribution in [0.5, 0.6) is 0 Å². The minimum atomic E-state index is -4.64. The first-order chi connectivity index (χ1) is 12.0. The fourth-order valence-electron chi connectivity index (χ4n) is 2.15. The van der Waals surface area contributed by atoms with Crippen molar-refractivity contribution >= 4 is 17.2 Å². The minimum absolute atomic E-state index is 0.0205. The zero-order valence-corrected chi connectivity index (χ0v) is 14.1. The van der Waals surface area contributed by atoms with E-state index in [1.807, 2.05) is 0 Å². The van der Waals surface area contributed by atoms with Crippen LogP contribution in [-0.4, -0.2) is 60.3 Å². The van der Waals surface area contributed by atoms with Crippen molar-refractivity contribution in [2.24, 2.45) is 0 Å². The third-order valence-corrected chi connectivity index (χ3v) is 3.30. The summed E-state index contributed by atoms with van der Waals surface area (Å²) in [6.07, 6.45) is -3.25. The number of rotatable bonds is 10. The van der Waals surface area contributed by atoms with Gasteiger partial charge in [0.25, 0.3) is 5.82 Å². The van der Waals surface area contributed by atoms with E-state index in [4.69, 9.17) is 9.47 Å². The highest BCUT2D eigenvalue weighted by molar-refractivity contribution is 5.70. The van der Waals surface area contributed by atoms with Crippen molar-refractivity contribution in [3.63, 3.8) is 0 Å². The van der Waals surface area contributed by atoms with Crippen molar-refractivity contribution in [3.05, 3.63) is 11.9 Å². The molecule has 2 aromatic heterocycles. The smallest absolute Gasteiger partial charge is 0.385 e. The van der Waals surface area contributed by atoms with Gasteiger partial charge in [-0.15, -0.1) is 15.3 Å². The summed E-state index contributed by atoms with van der Waals surface area (Å²) in [5, 5.41) is 16.9. The van der Waals surface area contributed by atoms with Crippen molar-refractivity contribution in [3.8, 4) is 0 Å². The third-order valence-electron chi connectivity index (χ3n) is 3.30. The topological polar surface area (TPSA) is 85.6 Å². The van der Waals surface area contributed by atoms with Gasteiger partial charge in [0.1, 0.15) is 5.82 Å². The molecule has 0 aliphatic heterocycles. The summed E-state index contributed by atoms with van der Waals surface area (Å²) < 4.78 is 49.9. The maximum absolute atomic E-state index is 13.1. The number of methoxy groups -OCH3 is 2. The molecule has 0 unspecified atom stereocenters. The maximum Gasteiger partial charge on any atom is 0.453 e. The fourth-order valence-corrected chi connectivity index (χ4v) is 2.15. The Balaban J connectivity index is 2.27. The number of aromatic nitrogens is 4. The molecule has 2 aromatic rings. The lowest BCUT2D eigenvalue weighted by Gasteiger charge is -2.12. The molecule has 0 bridgehead atoms. The van der Waals surface area contributed by atoms with E-state index >= 15 is 0 Å². The fraction of sp³-hybridized carbons (Fsp3) is 0.643. The number of fused-ring (bicyclic) bond motifs is 1. The van der Waals surface area contributed by atoms with Crippen molar-refractivity contribution < 1.29 is 22.6 Å². The van der Waals surface area contributed by atoms with Crippen LogP contribution in [0.3, 0.4) is 0 Å². The Kier molecular flexibility index (Phi) is 6.76. The highest BCUT2D eigenvalue weighted by Crippen LogP contribution is 2.29. The predicted octanol–water partition coefficient (Wildman–Crippen LogP) is 2.04. The Morgan fingerprint density at radius 3 is 2.28 bits per heavy atom. The third kappa shape index (κ3) is 5.16. The first-order valence-electron chi connectivity index (χ1n) is 7.76. The van der Waals surface area contributed by atoms with Crippen LogP contribution in [0.25, 0.3) is 5.65 Å². The monoisotopic (exact) mass is 362 g/mol. The summed E-state index contributed by atoms with van der Waals surface area (Å²) in [5.41, 5.74) is 0.440. The van der Waals surface area contributed by atoms with E-state index in [1.54, 1.807) is 20.3 Å². The first-order valence-corrected chi connectivity index (χ1v) is 7.76. The molecule has 8 nitrogen and oxygen atoms in total. The van der Waals surface area contributed by atoms with Gasteiger partial charge < -0.3 is 20.1 Å². The molecule has 0 amide bonds. The van der Waals surface area contributed by atoms with Gasteiger partial charge in [-0.3, -0.25) is 0 Å². The highest BCUT2D eigenvalue weighted by atomic mass is 19.4. The Morgan fingerprint density at radius 2 is 1.68 bits per heavy atom. The van der Waals surface area contributed by atoms with Gasteiger partial charge in [-0.2, -0.15) is 17.7 Å². The van der Waals surface area contributed by atoms with E-state index in [2.05, 4.69) is 25.9 Å². The lowest BCUT2D eigenvalue weighted by atomic mass is 10.3. The van der Waals surface area contributed by atoms with Gasteiger partial charge in [0.05, 0.1) is 5.69 Å². The molecule has 2 heterocycles. The van der Waals surface area contributed by atoms with E-state index in [0.29, 0.717) is 55.2 Å². The number of ether oxygens (including phenoxy) is 2. The van der Waals surface area contributed by atoms with Crippen LogP contribution in [0.1, 0.15) is 18.7 Å². The van der Waals surface area contributed by atoms with E-state index in [9.17, 15) is 13.2 Å². The number of nitrogens with one attached hydrogen (secondary N) is 2. The molecule has 140 valence electrons. The SMILES string of the molecule is COCCCNc1cc(NCCCOC)c2nnc(C(F)(F)F)n2n1. The summed E-state index contributed by atoms with van der Waals surface area (Å²) in [6.45, 7) is 2.11. The van der Waals surface area contributed by atoms with Crippen molar-refractivity contribution in [2.75, 3.05) is 51.2 Å². The quantitative estimate of drug-likeness (QED) is 0.626. The number of alkyl halides is 3. The van der Waals surface area contributed by atoms with E-state index < -0.39 is 12.0 Å². The number of hydrogen-bond acceptors (Lipinski definition) is 7. The molecule has 0 radical (unpaired) electrons. The van der Waals surface area contributed by atoms with Crippen LogP contribution in [0, 0.1) is 0 Å². The van der Waals surface area contributed by atoms with Gasteiger partial charge in [0.2, 0.25) is 5.65 Å². The largest absolute Gasteiger partial charge is 0.453 e. The molecule has 2 N–H and O–H groups in total. The van der Waals surface area contributed by atoms with Crippen molar-refractivity contribution in [1.29, 1.82) is 0 Å². The summed E-state index contributed by atoms with van der Waals surface area (Å²) in [7, 11) is 3.17. The molecule has 0 saturated carbocycles. The molecule has 0 saturated heterocycles. The van der Waals surface area contributed by atoms with Gasteiger partial charge in [-0.05, 0) is 12.8 Å². The molecule has 0 aliphatic rings. The second-order valence-electron chi connectivity index (χ2n) is 5.25. The van der Waals surface area contributed by atoms with Gasteiger partial charge in [0.15, 0.2) is 0 Å².